The minimum absolute atomic E-state index is 0.0551. The molecule has 2 aromatic rings. The number of nitrogens with one attached hydrogen (secondary N) is 1. The fraction of sp³-hybridized carbons (Fsp3) is 0.579. The van der Waals surface area contributed by atoms with E-state index in [1.54, 1.807) is 0 Å². The van der Waals surface area contributed by atoms with Crippen molar-refractivity contribution in [1.29, 1.82) is 0 Å². The van der Waals surface area contributed by atoms with Crippen molar-refractivity contribution in [3.05, 3.63) is 24.3 Å². The van der Waals surface area contributed by atoms with Crippen LogP contribution in [-0.2, 0) is 11.3 Å². The molecule has 0 atom stereocenters. The van der Waals surface area contributed by atoms with Gasteiger partial charge in [0.25, 0.3) is 0 Å². The van der Waals surface area contributed by atoms with Crippen LogP contribution < -0.4 is 10.1 Å². The molecule has 0 aliphatic heterocycles. The van der Waals surface area contributed by atoms with Gasteiger partial charge in [-0.05, 0) is 48.7 Å². The number of aromatic nitrogens is 4. The Labute approximate surface area is 154 Å². The molecule has 1 heterocycles. The molecule has 0 bridgehead atoms. The molecule has 7 heteroatoms. The van der Waals surface area contributed by atoms with Crippen LogP contribution >= 0.6 is 0 Å². The van der Waals surface area contributed by atoms with Gasteiger partial charge in [0.2, 0.25) is 11.7 Å². The van der Waals surface area contributed by atoms with Gasteiger partial charge >= 0.3 is 0 Å². The highest BCUT2D eigenvalue weighted by atomic mass is 16.5. The van der Waals surface area contributed by atoms with Gasteiger partial charge in [0, 0.05) is 11.6 Å². The third-order valence-corrected chi connectivity index (χ3v) is 4.59. The number of unbranched alkanes of at least 4 members (excludes halogenated alkanes) is 1. The summed E-state index contributed by atoms with van der Waals surface area (Å²) in [6, 6.07) is 7.91. The first kappa shape index (κ1) is 18.4. The molecule has 140 valence electrons. The molecule has 1 fully saturated rings. The molecule has 0 saturated heterocycles. The molecule has 3 rings (SSSR count). The maximum Gasteiger partial charge on any atom is 0.243 e. The maximum absolute atomic E-state index is 12.1. The third-order valence-electron chi connectivity index (χ3n) is 4.59. The molecule has 1 aromatic carbocycles. The summed E-state index contributed by atoms with van der Waals surface area (Å²) in [4.78, 5) is 13.5. The first-order valence-electron chi connectivity index (χ1n) is 9.55. The summed E-state index contributed by atoms with van der Waals surface area (Å²) >= 11 is 0. The standard InChI is InChI=1S/C19H27N5O2/c1-2-3-13-26-17-11-9-15(10-12-17)19-21-23-24(22-19)14-18(25)20-16-7-5-4-6-8-16/h9-12,16H,2-8,13-14H2,1H3,(H,20,25). The largest absolute Gasteiger partial charge is 0.494 e. The summed E-state index contributed by atoms with van der Waals surface area (Å²) in [6.07, 6.45) is 7.93. The van der Waals surface area contributed by atoms with E-state index in [1.165, 1.54) is 24.1 Å². The topological polar surface area (TPSA) is 81.9 Å². The van der Waals surface area contributed by atoms with E-state index in [9.17, 15) is 4.79 Å². The van der Waals surface area contributed by atoms with Crippen LogP contribution in [0.25, 0.3) is 11.4 Å². The third kappa shape index (κ3) is 5.28. The predicted molar refractivity (Wildman–Crippen MR) is 98.7 cm³/mol. The molecule has 1 N–H and O–H groups in total. The molecule has 0 spiro atoms. The number of amides is 1. The van der Waals surface area contributed by atoms with E-state index in [0.717, 1.165) is 43.6 Å². The van der Waals surface area contributed by atoms with Crippen molar-refractivity contribution in [3.63, 3.8) is 0 Å². The quantitative estimate of drug-likeness (QED) is 0.735. The van der Waals surface area contributed by atoms with Crippen LogP contribution in [0.1, 0.15) is 51.9 Å². The van der Waals surface area contributed by atoms with Crippen LogP contribution in [0, 0.1) is 0 Å². The molecule has 1 saturated carbocycles. The summed E-state index contributed by atoms with van der Waals surface area (Å²) < 4.78 is 5.65. The highest BCUT2D eigenvalue weighted by Crippen LogP contribution is 2.19. The lowest BCUT2D eigenvalue weighted by Gasteiger charge is -2.22. The lowest BCUT2D eigenvalue weighted by molar-refractivity contribution is -0.123. The number of ether oxygens (including phenoxy) is 1. The lowest BCUT2D eigenvalue weighted by Crippen LogP contribution is -2.38. The Kier molecular flexibility index (Phi) is 6.57. The van der Waals surface area contributed by atoms with Crippen LogP contribution in [0.2, 0.25) is 0 Å². The molecule has 7 nitrogen and oxygen atoms in total. The van der Waals surface area contributed by atoms with Gasteiger partial charge in [-0.1, -0.05) is 32.6 Å². The van der Waals surface area contributed by atoms with E-state index in [0.29, 0.717) is 11.9 Å². The first-order chi connectivity index (χ1) is 12.7. The van der Waals surface area contributed by atoms with Crippen LogP contribution in [0.5, 0.6) is 5.75 Å². The fourth-order valence-corrected chi connectivity index (χ4v) is 3.11. The summed E-state index contributed by atoms with van der Waals surface area (Å²) in [5, 5.41) is 15.4. The SMILES string of the molecule is CCCCOc1ccc(-c2nnn(CC(=O)NC3CCCCC3)n2)cc1. The molecule has 1 aliphatic carbocycles. The zero-order valence-electron chi connectivity index (χ0n) is 15.4. The van der Waals surface area contributed by atoms with Gasteiger partial charge in [0.15, 0.2) is 0 Å². The van der Waals surface area contributed by atoms with Gasteiger partial charge in [0.1, 0.15) is 12.3 Å². The summed E-state index contributed by atoms with van der Waals surface area (Å²) in [7, 11) is 0. The molecule has 26 heavy (non-hydrogen) atoms. The number of carbonyl (C=O) groups is 1. The number of hydrogen-bond acceptors (Lipinski definition) is 5. The van der Waals surface area contributed by atoms with Crippen LogP contribution in [0.3, 0.4) is 0 Å². The molecular weight excluding hydrogens is 330 g/mol. The number of nitrogens with zero attached hydrogens (tertiary/aromatic N) is 4. The number of benzene rings is 1. The minimum Gasteiger partial charge on any atom is -0.494 e. The van der Waals surface area contributed by atoms with Crippen LogP contribution in [-0.4, -0.2) is 38.8 Å². The summed E-state index contributed by atoms with van der Waals surface area (Å²) in [5.41, 5.74) is 0.854. The minimum atomic E-state index is -0.0551. The van der Waals surface area contributed by atoms with Crippen molar-refractivity contribution >= 4 is 5.91 Å². The van der Waals surface area contributed by atoms with Crippen molar-refractivity contribution < 1.29 is 9.53 Å². The van der Waals surface area contributed by atoms with Gasteiger partial charge in [-0.15, -0.1) is 10.2 Å². The molecule has 0 radical (unpaired) electrons. The van der Waals surface area contributed by atoms with E-state index >= 15 is 0 Å². The Morgan fingerprint density at radius 2 is 2.00 bits per heavy atom. The molecule has 1 aromatic heterocycles. The second-order valence-corrected chi connectivity index (χ2v) is 6.77. The van der Waals surface area contributed by atoms with E-state index in [4.69, 9.17) is 4.74 Å². The monoisotopic (exact) mass is 357 g/mol. The highest BCUT2D eigenvalue weighted by Gasteiger charge is 2.16. The van der Waals surface area contributed by atoms with E-state index in [1.807, 2.05) is 24.3 Å². The smallest absolute Gasteiger partial charge is 0.243 e. The Bertz CT molecular complexity index is 692. The molecule has 1 amide bonds. The van der Waals surface area contributed by atoms with Crippen molar-refractivity contribution in [2.75, 3.05) is 6.61 Å². The number of carbonyl (C=O) groups excluding carboxylic acids is 1. The van der Waals surface area contributed by atoms with Gasteiger partial charge < -0.3 is 10.1 Å². The van der Waals surface area contributed by atoms with E-state index < -0.39 is 0 Å². The van der Waals surface area contributed by atoms with Crippen molar-refractivity contribution in [2.24, 2.45) is 0 Å². The predicted octanol–water partition coefficient (Wildman–Crippen LogP) is 2.97. The Morgan fingerprint density at radius 1 is 1.23 bits per heavy atom. The zero-order valence-corrected chi connectivity index (χ0v) is 15.4. The Balaban J connectivity index is 1.52. The van der Waals surface area contributed by atoms with Gasteiger partial charge in [-0.25, -0.2) is 0 Å². The molecular formula is C19H27N5O2. The fourth-order valence-electron chi connectivity index (χ4n) is 3.11. The number of rotatable bonds is 8. The Morgan fingerprint density at radius 3 is 2.73 bits per heavy atom. The summed E-state index contributed by atoms with van der Waals surface area (Å²) in [5.74, 6) is 1.29. The van der Waals surface area contributed by atoms with Crippen LogP contribution in [0.4, 0.5) is 0 Å². The maximum atomic E-state index is 12.1. The van der Waals surface area contributed by atoms with Gasteiger partial charge in [0.05, 0.1) is 6.61 Å². The van der Waals surface area contributed by atoms with E-state index in [2.05, 4.69) is 27.7 Å². The van der Waals surface area contributed by atoms with Crippen molar-refractivity contribution in [1.82, 2.24) is 25.5 Å². The first-order valence-corrected chi connectivity index (χ1v) is 9.55. The molecule has 0 unspecified atom stereocenters. The van der Waals surface area contributed by atoms with Crippen molar-refractivity contribution in [2.45, 2.75) is 64.5 Å². The van der Waals surface area contributed by atoms with Crippen molar-refractivity contribution in [3.8, 4) is 17.1 Å². The average molecular weight is 357 g/mol. The van der Waals surface area contributed by atoms with E-state index in [-0.39, 0.29) is 12.5 Å². The Hall–Kier alpha value is -2.44. The molecule has 1 aliphatic rings. The van der Waals surface area contributed by atoms with Crippen LogP contribution in [0.15, 0.2) is 24.3 Å². The number of hydrogen-bond donors (Lipinski definition) is 1. The van der Waals surface area contributed by atoms with Gasteiger partial charge in [-0.3, -0.25) is 4.79 Å². The second-order valence-electron chi connectivity index (χ2n) is 6.77. The zero-order chi connectivity index (χ0) is 18.2. The average Bonchev–Trinajstić information content (AvgIpc) is 3.11. The van der Waals surface area contributed by atoms with Gasteiger partial charge in [-0.2, -0.15) is 4.80 Å². The lowest BCUT2D eigenvalue weighted by atomic mass is 9.95. The second kappa shape index (κ2) is 9.31. The number of tetrazole rings is 1. The highest BCUT2D eigenvalue weighted by molar-refractivity contribution is 5.75. The normalized spacial score (nSPS) is 15.0. The summed E-state index contributed by atoms with van der Waals surface area (Å²) in [6.45, 7) is 2.96.